The molecule has 0 spiro atoms. The van der Waals surface area contributed by atoms with Gasteiger partial charge in [0.2, 0.25) is 5.91 Å². The molecule has 0 unspecified atom stereocenters. The van der Waals surface area contributed by atoms with E-state index >= 15 is 0 Å². The van der Waals surface area contributed by atoms with Crippen LogP contribution < -0.4 is 4.74 Å². The van der Waals surface area contributed by atoms with E-state index in [1.54, 1.807) is 18.4 Å². The van der Waals surface area contributed by atoms with E-state index in [2.05, 4.69) is 0 Å². The highest BCUT2D eigenvalue weighted by molar-refractivity contribution is 7.22. The Balaban J connectivity index is 1.34. The highest BCUT2D eigenvalue weighted by atomic mass is 32.1. The number of nitrogens with zero attached hydrogens (tertiary/aromatic N) is 1. The van der Waals surface area contributed by atoms with Crippen molar-refractivity contribution >= 4 is 33.1 Å². The van der Waals surface area contributed by atoms with Gasteiger partial charge in [-0.25, -0.2) is 0 Å². The summed E-state index contributed by atoms with van der Waals surface area (Å²) in [6.45, 7) is 1.81. The van der Waals surface area contributed by atoms with Crippen LogP contribution in [-0.2, 0) is 11.2 Å². The van der Waals surface area contributed by atoms with Gasteiger partial charge in [0, 0.05) is 45.6 Å². The number of piperidine rings is 1. The number of hydrogen-bond donors (Lipinski definition) is 0. The predicted molar refractivity (Wildman–Crippen MR) is 147 cm³/mol. The molecule has 1 aliphatic heterocycles. The van der Waals surface area contributed by atoms with Gasteiger partial charge in [0.25, 0.3) is 0 Å². The lowest BCUT2D eigenvalue weighted by Crippen LogP contribution is -2.35. The number of aryl methyl sites for hydroxylation is 1. The summed E-state index contributed by atoms with van der Waals surface area (Å²) in [6, 6.07) is 23.9. The van der Waals surface area contributed by atoms with Crippen LogP contribution in [0.2, 0.25) is 0 Å². The van der Waals surface area contributed by atoms with Crippen molar-refractivity contribution in [3.05, 3.63) is 89.5 Å². The molecule has 5 rings (SSSR count). The summed E-state index contributed by atoms with van der Waals surface area (Å²) in [5, 5.41) is 0.949. The van der Waals surface area contributed by atoms with Crippen molar-refractivity contribution in [2.75, 3.05) is 20.2 Å². The Bertz CT molecular complexity index is 1350. The smallest absolute Gasteiger partial charge is 0.222 e. The molecule has 4 aromatic rings. The molecule has 5 heteroatoms. The molecule has 0 N–H and O–H groups in total. The monoisotopic (exact) mass is 497 g/mol. The lowest BCUT2D eigenvalue weighted by atomic mass is 9.96. The summed E-state index contributed by atoms with van der Waals surface area (Å²) in [6.07, 6.45) is 5.74. The highest BCUT2D eigenvalue weighted by Gasteiger charge is 2.22. The van der Waals surface area contributed by atoms with Crippen molar-refractivity contribution in [3.8, 4) is 16.2 Å². The maximum atomic E-state index is 13.8. The second-order valence-electron chi connectivity index (χ2n) is 9.36. The SMILES string of the molecule is COc1ccc2c(C(=O)c3ccc(CCCC(=O)N4CCCCC4)cc3)c(-c3ccccc3)sc2c1. The van der Waals surface area contributed by atoms with E-state index < -0.39 is 0 Å². The van der Waals surface area contributed by atoms with Crippen molar-refractivity contribution in [3.63, 3.8) is 0 Å². The van der Waals surface area contributed by atoms with Gasteiger partial charge in [-0.3, -0.25) is 9.59 Å². The Morgan fingerprint density at radius 1 is 0.917 bits per heavy atom. The Hall–Kier alpha value is -3.44. The van der Waals surface area contributed by atoms with E-state index in [0.29, 0.717) is 12.0 Å². The number of likely N-dealkylation sites (tertiary alicyclic amines) is 1. The van der Waals surface area contributed by atoms with Crippen molar-refractivity contribution in [2.45, 2.75) is 38.5 Å². The zero-order valence-electron chi connectivity index (χ0n) is 20.7. The van der Waals surface area contributed by atoms with Gasteiger partial charge >= 0.3 is 0 Å². The maximum Gasteiger partial charge on any atom is 0.222 e. The molecule has 2 heterocycles. The van der Waals surface area contributed by atoms with E-state index in [-0.39, 0.29) is 11.7 Å². The molecule has 0 radical (unpaired) electrons. The molecule has 0 atom stereocenters. The Morgan fingerprint density at radius 2 is 1.67 bits per heavy atom. The lowest BCUT2D eigenvalue weighted by molar-refractivity contribution is -0.132. The van der Waals surface area contributed by atoms with Gasteiger partial charge in [0.15, 0.2) is 5.78 Å². The highest BCUT2D eigenvalue weighted by Crippen LogP contribution is 2.41. The number of benzene rings is 3. The number of rotatable bonds is 8. The number of methoxy groups -OCH3 is 1. The third-order valence-corrected chi connectivity index (χ3v) is 8.14. The summed E-state index contributed by atoms with van der Waals surface area (Å²) < 4.78 is 6.45. The molecule has 0 bridgehead atoms. The Labute approximate surface area is 216 Å². The van der Waals surface area contributed by atoms with Crippen molar-refractivity contribution in [2.24, 2.45) is 0 Å². The van der Waals surface area contributed by atoms with Crippen LogP contribution in [0.15, 0.2) is 72.8 Å². The third kappa shape index (κ3) is 5.21. The average Bonchev–Trinajstić information content (AvgIpc) is 3.32. The minimum atomic E-state index is 0.0251. The lowest BCUT2D eigenvalue weighted by Gasteiger charge is -2.26. The number of ketones is 1. The second-order valence-corrected chi connectivity index (χ2v) is 10.4. The van der Waals surface area contributed by atoms with Crippen molar-refractivity contribution in [1.82, 2.24) is 4.90 Å². The molecule has 184 valence electrons. The number of thiophene rings is 1. The molecule has 1 amide bonds. The summed E-state index contributed by atoms with van der Waals surface area (Å²) in [4.78, 5) is 29.2. The van der Waals surface area contributed by atoms with Crippen LogP contribution in [0.4, 0.5) is 0 Å². The molecular formula is C31H31NO3S. The van der Waals surface area contributed by atoms with Gasteiger partial charge in [-0.2, -0.15) is 0 Å². The molecule has 0 saturated carbocycles. The van der Waals surface area contributed by atoms with Gasteiger partial charge in [-0.05, 0) is 61.4 Å². The van der Waals surface area contributed by atoms with E-state index in [4.69, 9.17) is 4.74 Å². The molecule has 0 aliphatic carbocycles. The topological polar surface area (TPSA) is 46.6 Å². The molecule has 1 fully saturated rings. The first-order valence-corrected chi connectivity index (χ1v) is 13.5. The predicted octanol–water partition coefficient (Wildman–Crippen LogP) is 7.14. The maximum absolute atomic E-state index is 13.8. The standard InChI is InChI=1S/C31H31NO3S/c1-35-25-17-18-26-27(21-25)36-31(24-10-4-2-5-11-24)29(26)30(34)23-15-13-22(14-16-23)9-8-12-28(33)32-19-6-3-7-20-32/h2,4-5,10-11,13-18,21H,3,6-9,12,19-20H2,1H3. The van der Waals surface area contributed by atoms with Crippen LogP contribution in [0.5, 0.6) is 5.75 Å². The summed E-state index contributed by atoms with van der Waals surface area (Å²) in [5.41, 5.74) is 3.61. The van der Waals surface area contributed by atoms with Crippen molar-refractivity contribution < 1.29 is 14.3 Å². The molecule has 3 aromatic carbocycles. The molecule has 1 aliphatic rings. The fourth-order valence-electron chi connectivity index (χ4n) is 4.93. The zero-order chi connectivity index (χ0) is 24.9. The third-order valence-electron chi connectivity index (χ3n) is 6.94. The number of amides is 1. The number of carbonyl (C=O) groups excluding carboxylic acids is 2. The van der Waals surface area contributed by atoms with E-state index in [1.807, 2.05) is 77.7 Å². The van der Waals surface area contributed by atoms with E-state index in [9.17, 15) is 9.59 Å². The summed E-state index contributed by atoms with van der Waals surface area (Å²) >= 11 is 1.62. The first-order valence-electron chi connectivity index (χ1n) is 12.7. The first kappa shape index (κ1) is 24.3. The van der Waals surface area contributed by atoms with E-state index in [1.165, 1.54) is 6.42 Å². The van der Waals surface area contributed by atoms with Gasteiger partial charge in [0.1, 0.15) is 5.75 Å². The van der Waals surface area contributed by atoms with Crippen LogP contribution in [0, 0.1) is 0 Å². The van der Waals surface area contributed by atoms with Crippen LogP contribution in [-0.4, -0.2) is 36.8 Å². The molecule has 1 saturated heterocycles. The quantitative estimate of drug-likeness (QED) is 0.243. The van der Waals surface area contributed by atoms with Crippen molar-refractivity contribution in [1.29, 1.82) is 0 Å². The molecule has 4 nitrogen and oxygen atoms in total. The van der Waals surface area contributed by atoms with Gasteiger partial charge in [-0.1, -0.05) is 54.6 Å². The molecular weight excluding hydrogens is 466 g/mol. The minimum Gasteiger partial charge on any atom is -0.497 e. The van der Waals surface area contributed by atoms with Gasteiger partial charge in [-0.15, -0.1) is 11.3 Å². The Morgan fingerprint density at radius 3 is 2.39 bits per heavy atom. The van der Waals surface area contributed by atoms with Crippen LogP contribution in [0.25, 0.3) is 20.5 Å². The van der Waals surface area contributed by atoms with Crippen LogP contribution in [0.3, 0.4) is 0 Å². The second kappa shape index (κ2) is 11.1. The number of ether oxygens (including phenoxy) is 1. The van der Waals surface area contributed by atoms with E-state index in [0.717, 1.165) is 76.2 Å². The summed E-state index contributed by atoms with van der Waals surface area (Å²) in [7, 11) is 1.66. The zero-order valence-corrected chi connectivity index (χ0v) is 21.5. The molecule has 1 aromatic heterocycles. The summed E-state index contributed by atoms with van der Waals surface area (Å²) in [5.74, 6) is 1.08. The minimum absolute atomic E-state index is 0.0251. The van der Waals surface area contributed by atoms with Crippen LogP contribution in [0.1, 0.15) is 53.6 Å². The fraction of sp³-hybridized carbons (Fsp3) is 0.290. The fourth-order valence-corrected chi connectivity index (χ4v) is 6.17. The molecule has 36 heavy (non-hydrogen) atoms. The number of hydrogen-bond acceptors (Lipinski definition) is 4. The Kier molecular flexibility index (Phi) is 7.47. The van der Waals surface area contributed by atoms with Crippen LogP contribution >= 0.6 is 11.3 Å². The van der Waals surface area contributed by atoms with Gasteiger partial charge in [0.05, 0.1) is 7.11 Å². The average molecular weight is 498 g/mol. The number of carbonyl (C=O) groups is 2. The first-order chi connectivity index (χ1) is 17.6. The normalized spacial score (nSPS) is 13.6. The largest absolute Gasteiger partial charge is 0.497 e. The van der Waals surface area contributed by atoms with Gasteiger partial charge < -0.3 is 9.64 Å². The number of fused-ring (bicyclic) bond motifs is 1.